The number of ether oxygens (including phenoxy) is 2. The molecule has 6 nitrogen and oxygen atoms in total. The number of nitrogens with zero attached hydrogens (tertiary/aromatic N) is 3. The predicted octanol–water partition coefficient (Wildman–Crippen LogP) is 3.39. The van der Waals surface area contributed by atoms with Crippen molar-refractivity contribution in [3.05, 3.63) is 53.9 Å². The molecule has 0 radical (unpaired) electrons. The van der Waals surface area contributed by atoms with E-state index in [1.165, 1.54) is 5.41 Å². The second-order valence-corrected chi connectivity index (χ2v) is 5.75. The highest BCUT2D eigenvalue weighted by Crippen LogP contribution is 2.27. The maximum atomic E-state index is 10.5. The standard InChI is InChI=1S/C18H15N3O3S/c1-23-15-7-3-13(4-8-15)17-19-18(25-12-11-22)20-21(17)14-5-9-16(24-2)10-6-14/h3-10,12H,1-2H3. The van der Waals surface area contributed by atoms with Gasteiger partial charge in [-0.1, -0.05) is 0 Å². The first-order valence-electron chi connectivity index (χ1n) is 7.37. The lowest BCUT2D eigenvalue weighted by atomic mass is 10.2. The van der Waals surface area contributed by atoms with Crippen molar-refractivity contribution in [2.45, 2.75) is 5.16 Å². The van der Waals surface area contributed by atoms with Gasteiger partial charge in [-0.2, -0.15) is 0 Å². The molecule has 0 saturated carbocycles. The minimum atomic E-state index is 0.463. The highest BCUT2D eigenvalue weighted by atomic mass is 32.2. The molecule has 1 aromatic heterocycles. The van der Waals surface area contributed by atoms with Crippen LogP contribution in [0.15, 0.2) is 59.1 Å². The molecule has 0 unspecified atom stereocenters. The van der Waals surface area contributed by atoms with E-state index in [2.05, 4.69) is 10.1 Å². The number of carbonyl (C=O) groups excluding carboxylic acids is 1. The molecule has 0 aliphatic rings. The van der Waals surface area contributed by atoms with Crippen molar-refractivity contribution in [3.8, 4) is 28.6 Å². The van der Waals surface area contributed by atoms with Crippen LogP contribution in [0.1, 0.15) is 0 Å². The zero-order valence-electron chi connectivity index (χ0n) is 13.7. The maximum Gasteiger partial charge on any atom is 0.214 e. The van der Waals surface area contributed by atoms with Crippen LogP contribution in [0.3, 0.4) is 0 Å². The molecule has 0 fully saturated rings. The van der Waals surface area contributed by atoms with Crippen molar-refractivity contribution < 1.29 is 14.3 Å². The van der Waals surface area contributed by atoms with Gasteiger partial charge in [-0.15, -0.1) is 5.10 Å². The summed E-state index contributed by atoms with van der Waals surface area (Å²) in [5, 5.41) is 6.22. The first-order chi connectivity index (χ1) is 12.2. The minimum Gasteiger partial charge on any atom is -0.497 e. The van der Waals surface area contributed by atoms with Gasteiger partial charge in [-0.05, 0) is 60.3 Å². The van der Waals surface area contributed by atoms with Crippen molar-refractivity contribution in [2.75, 3.05) is 14.2 Å². The Morgan fingerprint density at radius 2 is 1.60 bits per heavy atom. The number of hydrogen-bond acceptors (Lipinski definition) is 6. The van der Waals surface area contributed by atoms with E-state index >= 15 is 0 Å². The smallest absolute Gasteiger partial charge is 0.214 e. The van der Waals surface area contributed by atoms with Crippen molar-refractivity contribution in [1.82, 2.24) is 14.8 Å². The van der Waals surface area contributed by atoms with Crippen LogP contribution in [0.25, 0.3) is 17.1 Å². The van der Waals surface area contributed by atoms with Crippen LogP contribution < -0.4 is 9.47 Å². The predicted molar refractivity (Wildman–Crippen MR) is 96.0 cm³/mol. The largest absolute Gasteiger partial charge is 0.497 e. The van der Waals surface area contributed by atoms with Gasteiger partial charge in [0, 0.05) is 5.56 Å². The third kappa shape index (κ3) is 3.74. The monoisotopic (exact) mass is 353 g/mol. The van der Waals surface area contributed by atoms with Gasteiger partial charge in [0.05, 0.1) is 25.3 Å². The van der Waals surface area contributed by atoms with Gasteiger partial charge in [0.2, 0.25) is 5.16 Å². The van der Waals surface area contributed by atoms with Gasteiger partial charge in [-0.25, -0.2) is 14.5 Å². The lowest BCUT2D eigenvalue weighted by molar-refractivity contribution is 0.414. The summed E-state index contributed by atoms with van der Waals surface area (Å²) in [5.41, 5.74) is 1.71. The van der Waals surface area contributed by atoms with Crippen LogP contribution >= 0.6 is 11.8 Å². The van der Waals surface area contributed by atoms with E-state index in [4.69, 9.17) is 9.47 Å². The molecule has 3 aromatic rings. The summed E-state index contributed by atoms with van der Waals surface area (Å²) >= 11 is 1.12. The minimum absolute atomic E-state index is 0.463. The van der Waals surface area contributed by atoms with E-state index in [-0.39, 0.29) is 0 Å². The molecule has 1 heterocycles. The van der Waals surface area contributed by atoms with E-state index in [1.807, 2.05) is 48.5 Å². The molecule has 0 bridgehead atoms. The summed E-state index contributed by atoms with van der Waals surface area (Å²) in [5.74, 6) is 3.90. The average Bonchev–Trinajstić information content (AvgIpc) is 3.10. The number of methoxy groups -OCH3 is 2. The number of rotatable bonds is 6. The molecule has 0 atom stereocenters. The van der Waals surface area contributed by atoms with Gasteiger partial charge < -0.3 is 9.47 Å². The molecule has 0 N–H and O–H groups in total. The Morgan fingerprint density at radius 3 is 2.16 bits per heavy atom. The van der Waals surface area contributed by atoms with Crippen LogP contribution in [0.5, 0.6) is 11.5 Å². The quantitative estimate of drug-likeness (QED) is 0.500. The summed E-state index contributed by atoms with van der Waals surface area (Å²) in [4.78, 5) is 15.0. The summed E-state index contributed by atoms with van der Waals surface area (Å²) in [6.07, 6.45) is 0. The van der Waals surface area contributed by atoms with Crippen LogP contribution in [0.4, 0.5) is 0 Å². The van der Waals surface area contributed by atoms with Gasteiger partial charge >= 0.3 is 0 Å². The lowest BCUT2D eigenvalue weighted by Crippen LogP contribution is -1.99. The molecular formula is C18H15N3O3S. The van der Waals surface area contributed by atoms with Crippen molar-refractivity contribution in [2.24, 2.45) is 0 Å². The number of benzene rings is 2. The van der Waals surface area contributed by atoms with Gasteiger partial charge in [0.15, 0.2) is 5.82 Å². The van der Waals surface area contributed by atoms with Crippen molar-refractivity contribution in [1.29, 1.82) is 0 Å². The normalized spacial score (nSPS) is 10.2. The van der Waals surface area contributed by atoms with Crippen molar-refractivity contribution >= 4 is 17.7 Å². The maximum absolute atomic E-state index is 10.5. The molecule has 7 heteroatoms. The Balaban J connectivity index is 2.07. The first kappa shape index (κ1) is 16.8. The summed E-state index contributed by atoms with van der Waals surface area (Å²) < 4.78 is 12.1. The topological polar surface area (TPSA) is 66.2 Å². The van der Waals surface area contributed by atoms with E-state index < -0.39 is 0 Å². The second-order valence-electron chi connectivity index (χ2n) is 4.91. The fourth-order valence-electron chi connectivity index (χ4n) is 2.25. The Hall–Kier alpha value is -3.02. The van der Waals surface area contributed by atoms with Gasteiger partial charge in [0.1, 0.15) is 17.4 Å². The van der Waals surface area contributed by atoms with E-state index in [9.17, 15) is 4.79 Å². The first-order valence-corrected chi connectivity index (χ1v) is 8.25. The van der Waals surface area contributed by atoms with Crippen LogP contribution in [-0.4, -0.2) is 34.9 Å². The van der Waals surface area contributed by atoms with Gasteiger partial charge in [0.25, 0.3) is 0 Å². The molecule has 0 aliphatic carbocycles. The summed E-state index contributed by atoms with van der Waals surface area (Å²) in [7, 11) is 3.24. The molecule has 25 heavy (non-hydrogen) atoms. The molecule has 0 aliphatic heterocycles. The SMILES string of the molecule is COc1ccc(-c2nc(SC=C=O)nn2-c2ccc(OC)cc2)cc1. The van der Waals surface area contributed by atoms with Crippen molar-refractivity contribution in [3.63, 3.8) is 0 Å². The summed E-state index contributed by atoms with van der Waals surface area (Å²) in [6.45, 7) is 0. The molecule has 0 spiro atoms. The highest BCUT2D eigenvalue weighted by molar-refractivity contribution is 8.02. The molecule has 0 amide bonds. The zero-order chi connectivity index (χ0) is 17.6. The number of hydrogen-bond donors (Lipinski definition) is 0. The third-order valence-electron chi connectivity index (χ3n) is 3.47. The fourth-order valence-corrected chi connectivity index (χ4v) is 2.67. The van der Waals surface area contributed by atoms with E-state index in [0.29, 0.717) is 11.0 Å². The fraction of sp³-hybridized carbons (Fsp3) is 0.111. The van der Waals surface area contributed by atoms with Crippen LogP contribution in [0.2, 0.25) is 0 Å². The molecule has 2 aromatic carbocycles. The average molecular weight is 353 g/mol. The number of thioether (sulfide) groups is 1. The molecule has 126 valence electrons. The second kappa shape index (κ2) is 7.70. The van der Waals surface area contributed by atoms with E-state index in [0.717, 1.165) is 34.5 Å². The molecule has 3 rings (SSSR count). The third-order valence-corrected chi connectivity index (χ3v) is 4.06. The Kier molecular flexibility index (Phi) is 5.18. The Bertz CT molecular complexity index is 833. The summed E-state index contributed by atoms with van der Waals surface area (Å²) in [6, 6.07) is 15.0. The van der Waals surface area contributed by atoms with Crippen LogP contribution in [-0.2, 0) is 4.79 Å². The van der Waals surface area contributed by atoms with E-state index in [1.54, 1.807) is 24.8 Å². The molecular weight excluding hydrogens is 338 g/mol. The van der Waals surface area contributed by atoms with Gasteiger partial charge in [-0.3, -0.25) is 0 Å². The Morgan fingerprint density at radius 1 is 1.00 bits per heavy atom. The lowest BCUT2D eigenvalue weighted by Gasteiger charge is -2.07. The van der Waals surface area contributed by atoms with Crippen LogP contribution in [0, 0.1) is 0 Å². The number of aromatic nitrogens is 3. The highest BCUT2D eigenvalue weighted by Gasteiger charge is 2.14. The Labute approximate surface area is 149 Å². The zero-order valence-corrected chi connectivity index (χ0v) is 14.5. The molecule has 0 saturated heterocycles.